The summed E-state index contributed by atoms with van der Waals surface area (Å²) in [6, 6.07) is 11.8. The molecule has 2 aromatic carbocycles. The van der Waals surface area contributed by atoms with Crippen LogP contribution in [-0.4, -0.2) is 11.8 Å². The van der Waals surface area contributed by atoms with Gasteiger partial charge in [-0.15, -0.1) is 0 Å². The van der Waals surface area contributed by atoms with Gasteiger partial charge in [-0.25, -0.2) is 4.79 Å². The van der Waals surface area contributed by atoms with Crippen LogP contribution in [0.1, 0.15) is 36.1 Å². The first kappa shape index (κ1) is 15.5. The van der Waals surface area contributed by atoms with E-state index in [1.54, 1.807) is 4.90 Å². The summed E-state index contributed by atoms with van der Waals surface area (Å²) in [7, 11) is 0. The Morgan fingerprint density at radius 2 is 2.00 bits per heavy atom. The average Bonchev–Trinajstić information content (AvgIpc) is 2.51. The zero-order valence-corrected chi connectivity index (χ0v) is 15.5. The third-order valence-corrected chi connectivity index (χ3v) is 5.48. The van der Waals surface area contributed by atoms with Gasteiger partial charge in [-0.05, 0) is 62.2 Å². The van der Waals surface area contributed by atoms with Crippen molar-refractivity contribution in [3.63, 3.8) is 0 Å². The molecule has 4 rings (SSSR count). The number of ether oxygens (including phenoxy) is 1. The van der Waals surface area contributed by atoms with Crippen molar-refractivity contribution in [2.24, 2.45) is 0 Å². The summed E-state index contributed by atoms with van der Waals surface area (Å²) >= 11 is 3.49. The highest BCUT2D eigenvalue weighted by molar-refractivity contribution is 9.10. The smallest absolute Gasteiger partial charge is 0.325 e. The number of aryl methyl sites for hydroxylation is 2. The van der Waals surface area contributed by atoms with Crippen molar-refractivity contribution in [3.8, 4) is 5.75 Å². The molecule has 0 saturated carbocycles. The monoisotopic (exact) mass is 386 g/mol. The lowest BCUT2D eigenvalue weighted by Crippen LogP contribution is -2.65. The maximum Gasteiger partial charge on any atom is 0.325 e. The standard InChI is InChI=1S/C19H19BrN2O2/c1-11-4-6-14(8-12(11)2)22-18(23)21-16-10-19(22,3)24-17-7-5-13(20)9-15(16)17/h4-9,16H,10H2,1-3H3,(H,21,23). The minimum absolute atomic E-state index is 0.0356. The lowest BCUT2D eigenvalue weighted by atomic mass is 9.90. The summed E-state index contributed by atoms with van der Waals surface area (Å²) in [5.41, 5.74) is 3.55. The van der Waals surface area contributed by atoms with Crippen molar-refractivity contribution in [1.82, 2.24) is 5.32 Å². The second-order valence-corrected chi connectivity index (χ2v) is 7.69. The highest BCUT2D eigenvalue weighted by Gasteiger charge is 2.49. The number of hydrogen-bond donors (Lipinski definition) is 1. The molecule has 0 spiro atoms. The number of carbonyl (C=O) groups is 1. The molecule has 0 radical (unpaired) electrons. The Morgan fingerprint density at radius 3 is 2.75 bits per heavy atom. The minimum Gasteiger partial charge on any atom is -0.467 e. The molecule has 24 heavy (non-hydrogen) atoms. The summed E-state index contributed by atoms with van der Waals surface area (Å²) in [5.74, 6) is 0.825. The fourth-order valence-electron chi connectivity index (χ4n) is 3.60. The topological polar surface area (TPSA) is 41.6 Å². The van der Waals surface area contributed by atoms with Crippen LogP contribution in [0.2, 0.25) is 0 Å². The molecule has 2 aromatic rings. The van der Waals surface area contributed by atoms with Crippen LogP contribution in [0.15, 0.2) is 40.9 Å². The predicted molar refractivity (Wildman–Crippen MR) is 97.5 cm³/mol. The highest BCUT2D eigenvalue weighted by atomic mass is 79.9. The van der Waals surface area contributed by atoms with E-state index < -0.39 is 5.72 Å². The van der Waals surface area contributed by atoms with Crippen molar-refractivity contribution in [2.75, 3.05) is 4.90 Å². The Morgan fingerprint density at radius 1 is 1.21 bits per heavy atom. The molecular formula is C19H19BrN2O2. The number of amides is 2. The van der Waals surface area contributed by atoms with Gasteiger partial charge in [0.05, 0.1) is 6.04 Å². The Labute approximate surface area is 149 Å². The van der Waals surface area contributed by atoms with Crippen molar-refractivity contribution < 1.29 is 9.53 Å². The molecule has 1 N–H and O–H groups in total. The zero-order valence-electron chi connectivity index (χ0n) is 13.9. The Bertz CT molecular complexity index is 851. The second-order valence-electron chi connectivity index (χ2n) is 6.77. The molecule has 2 heterocycles. The average molecular weight is 387 g/mol. The van der Waals surface area contributed by atoms with Crippen molar-refractivity contribution in [1.29, 1.82) is 0 Å². The Kier molecular flexibility index (Phi) is 3.39. The Hall–Kier alpha value is -2.01. The first-order valence-electron chi connectivity index (χ1n) is 8.04. The van der Waals surface area contributed by atoms with Gasteiger partial charge in [0, 0.05) is 22.1 Å². The number of nitrogens with zero attached hydrogens (tertiary/aromatic N) is 1. The molecule has 2 atom stereocenters. The van der Waals surface area contributed by atoms with Gasteiger partial charge in [-0.1, -0.05) is 22.0 Å². The molecule has 2 amide bonds. The summed E-state index contributed by atoms with van der Waals surface area (Å²) < 4.78 is 7.28. The highest BCUT2D eigenvalue weighted by Crippen LogP contribution is 2.46. The first-order chi connectivity index (χ1) is 11.4. The van der Waals surface area contributed by atoms with Crippen LogP contribution in [0.5, 0.6) is 5.75 Å². The van der Waals surface area contributed by atoms with Crippen molar-refractivity contribution in [2.45, 2.75) is 39.0 Å². The summed E-state index contributed by atoms with van der Waals surface area (Å²) in [5, 5.41) is 3.13. The van der Waals surface area contributed by atoms with Crippen LogP contribution in [0, 0.1) is 13.8 Å². The molecule has 124 valence electrons. The van der Waals surface area contributed by atoms with Crippen molar-refractivity contribution >= 4 is 27.6 Å². The second kappa shape index (κ2) is 5.24. The lowest BCUT2D eigenvalue weighted by Gasteiger charge is -2.50. The van der Waals surface area contributed by atoms with Crippen LogP contribution in [0.4, 0.5) is 10.5 Å². The van der Waals surface area contributed by atoms with E-state index >= 15 is 0 Å². The number of fused-ring (bicyclic) bond motifs is 4. The number of carbonyl (C=O) groups excluding carboxylic acids is 1. The molecule has 5 heteroatoms. The third-order valence-electron chi connectivity index (χ3n) is 4.98. The number of hydrogen-bond acceptors (Lipinski definition) is 2. The number of halogens is 1. The van der Waals surface area contributed by atoms with E-state index in [1.165, 1.54) is 5.56 Å². The van der Waals surface area contributed by atoms with Gasteiger partial charge >= 0.3 is 6.03 Å². The van der Waals surface area contributed by atoms with Gasteiger partial charge in [0.2, 0.25) is 0 Å². The quantitative estimate of drug-likeness (QED) is 0.761. The number of benzene rings is 2. The number of rotatable bonds is 1. The van der Waals surface area contributed by atoms with E-state index in [4.69, 9.17) is 4.74 Å². The van der Waals surface area contributed by atoms with Gasteiger partial charge in [-0.2, -0.15) is 0 Å². The fraction of sp³-hybridized carbons (Fsp3) is 0.316. The number of nitrogens with one attached hydrogen (secondary N) is 1. The lowest BCUT2D eigenvalue weighted by molar-refractivity contribution is 0.0378. The minimum atomic E-state index is -0.699. The third kappa shape index (κ3) is 2.30. The predicted octanol–water partition coefficient (Wildman–Crippen LogP) is 4.84. The maximum atomic E-state index is 12.8. The van der Waals surface area contributed by atoms with Gasteiger partial charge < -0.3 is 10.1 Å². The van der Waals surface area contributed by atoms with E-state index in [1.807, 2.05) is 43.3 Å². The van der Waals surface area contributed by atoms with E-state index in [-0.39, 0.29) is 12.1 Å². The van der Waals surface area contributed by atoms with Crippen LogP contribution >= 0.6 is 15.9 Å². The largest absolute Gasteiger partial charge is 0.467 e. The molecule has 2 aliphatic rings. The maximum absolute atomic E-state index is 12.8. The van der Waals surface area contributed by atoms with Crippen LogP contribution in [0.3, 0.4) is 0 Å². The zero-order chi connectivity index (χ0) is 17.1. The Balaban J connectivity index is 1.80. The van der Waals surface area contributed by atoms with Gasteiger partial charge in [0.1, 0.15) is 5.75 Å². The van der Waals surface area contributed by atoms with Crippen LogP contribution < -0.4 is 15.0 Å². The molecule has 2 bridgehead atoms. The molecule has 0 aromatic heterocycles. The van der Waals surface area contributed by atoms with Crippen LogP contribution in [0.25, 0.3) is 0 Å². The molecule has 4 nitrogen and oxygen atoms in total. The van der Waals surface area contributed by atoms with Gasteiger partial charge in [0.15, 0.2) is 5.72 Å². The number of anilines is 1. The van der Waals surface area contributed by atoms with Gasteiger partial charge in [-0.3, -0.25) is 4.90 Å². The molecule has 2 unspecified atom stereocenters. The summed E-state index contributed by atoms with van der Waals surface area (Å²) in [4.78, 5) is 14.6. The van der Waals surface area contributed by atoms with Crippen molar-refractivity contribution in [3.05, 3.63) is 57.6 Å². The summed E-state index contributed by atoms with van der Waals surface area (Å²) in [6.45, 7) is 6.11. The number of urea groups is 1. The molecule has 2 aliphatic heterocycles. The van der Waals surface area contributed by atoms with E-state index in [2.05, 4.69) is 35.1 Å². The summed E-state index contributed by atoms with van der Waals surface area (Å²) in [6.07, 6.45) is 0.703. The molecule has 1 saturated heterocycles. The first-order valence-corrected chi connectivity index (χ1v) is 8.83. The van der Waals surface area contributed by atoms with E-state index in [0.717, 1.165) is 27.0 Å². The molecule has 0 aliphatic carbocycles. The molecular weight excluding hydrogens is 368 g/mol. The normalized spacial score (nSPS) is 24.9. The molecule has 1 fully saturated rings. The van der Waals surface area contributed by atoms with E-state index in [9.17, 15) is 4.79 Å². The SMILES string of the molecule is Cc1ccc(N2C(=O)NC3CC2(C)Oc2ccc(Br)cc23)cc1C. The van der Waals surface area contributed by atoms with Crippen LogP contribution in [-0.2, 0) is 0 Å². The fourth-order valence-corrected chi connectivity index (χ4v) is 3.98. The van der Waals surface area contributed by atoms with Gasteiger partial charge in [0.25, 0.3) is 0 Å². The van der Waals surface area contributed by atoms with E-state index in [0.29, 0.717) is 6.42 Å².